The van der Waals surface area contributed by atoms with Crippen LogP contribution in [0.3, 0.4) is 0 Å². The minimum Gasteiger partial charge on any atom is -0.372 e. The van der Waals surface area contributed by atoms with Crippen LogP contribution in [0.1, 0.15) is 19.3 Å². The van der Waals surface area contributed by atoms with Crippen LogP contribution in [0, 0.1) is 5.41 Å². The molecular formula is C13H15BrN2O. The van der Waals surface area contributed by atoms with Crippen molar-refractivity contribution >= 4 is 33.2 Å². The Morgan fingerprint density at radius 3 is 2.82 bits per heavy atom. The molecule has 1 aliphatic carbocycles. The average Bonchev–Trinajstić information content (AvgIpc) is 2.36. The lowest BCUT2D eigenvalue weighted by Gasteiger charge is -2.40. The lowest BCUT2D eigenvalue weighted by molar-refractivity contribution is -0.129. The summed E-state index contributed by atoms with van der Waals surface area (Å²) in [6, 6.07) is 6.02. The number of nitrogens with zero attached hydrogens (tertiary/aromatic N) is 1. The normalized spacial score (nSPS) is 21.5. The number of benzene rings is 1. The van der Waals surface area contributed by atoms with Gasteiger partial charge < -0.3 is 10.2 Å². The first kappa shape index (κ1) is 11.1. The van der Waals surface area contributed by atoms with Crippen LogP contribution < -0.4 is 10.2 Å². The number of fused-ring (bicyclic) bond motifs is 1. The SMILES string of the molecule is CN1CC2(CCC2)C(=O)Nc2c(Br)cccc21. The molecule has 0 radical (unpaired) electrons. The molecule has 1 aliphatic heterocycles. The highest BCUT2D eigenvalue weighted by atomic mass is 79.9. The fourth-order valence-electron chi connectivity index (χ4n) is 2.80. The number of amides is 1. The van der Waals surface area contributed by atoms with E-state index in [0.29, 0.717) is 0 Å². The van der Waals surface area contributed by atoms with Crippen molar-refractivity contribution in [2.24, 2.45) is 5.41 Å². The van der Waals surface area contributed by atoms with E-state index in [-0.39, 0.29) is 11.3 Å². The summed E-state index contributed by atoms with van der Waals surface area (Å²) in [7, 11) is 2.06. The second kappa shape index (κ2) is 3.73. The second-order valence-corrected chi connectivity index (χ2v) is 5.93. The van der Waals surface area contributed by atoms with Crippen LogP contribution in [-0.4, -0.2) is 19.5 Å². The van der Waals surface area contributed by atoms with Crippen LogP contribution in [0.5, 0.6) is 0 Å². The summed E-state index contributed by atoms with van der Waals surface area (Å²) in [6.07, 6.45) is 3.18. The predicted molar refractivity (Wildman–Crippen MR) is 72.3 cm³/mol. The Morgan fingerprint density at radius 2 is 2.18 bits per heavy atom. The number of hydrogen-bond donors (Lipinski definition) is 1. The zero-order valence-electron chi connectivity index (χ0n) is 9.79. The monoisotopic (exact) mass is 294 g/mol. The van der Waals surface area contributed by atoms with Gasteiger partial charge in [0.05, 0.1) is 16.8 Å². The van der Waals surface area contributed by atoms with Crippen LogP contribution in [0.25, 0.3) is 0 Å². The molecule has 3 nitrogen and oxygen atoms in total. The Morgan fingerprint density at radius 1 is 1.41 bits per heavy atom. The van der Waals surface area contributed by atoms with Gasteiger partial charge in [-0.05, 0) is 40.9 Å². The molecule has 90 valence electrons. The second-order valence-electron chi connectivity index (χ2n) is 5.08. The maximum atomic E-state index is 12.3. The van der Waals surface area contributed by atoms with Gasteiger partial charge in [0.15, 0.2) is 0 Å². The van der Waals surface area contributed by atoms with Crippen molar-refractivity contribution in [3.05, 3.63) is 22.7 Å². The molecule has 0 unspecified atom stereocenters. The standard InChI is InChI=1S/C13H15BrN2O/c1-16-8-13(6-3-7-13)12(17)15-11-9(14)4-2-5-10(11)16/h2,4-5H,3,6-8H2,1H3,(H,15,17). The number of carbonyl (C=O) groups is 1. The van der Waals surface area contributed by atoms with Crippen LogP contribution in [-0.2, 0) is 4.79 Å². The van der Waals surface area contributed by atoms with Gasteiger partial charge in [0, 0.05) is 18.1 Å². The topological polar surface area (TPSA) is 32.3 Å². The average molecular weight is 295 g/mol. The van der Waals surface area contributed by atoms with Crippen molar-refractivity contribution in [1.82, 2.24) is 0 Å². The Kier molecular flexibility index (Phi) is 2.43. The Hall–Kier alpha value is -1.03. The van der Waals surface area contributed by atoms with Crippen LogP contribution in [0.2, 0.25) is 0 Å². The molecule has 3 rings (SSSR count). The lowest BCUT2D eigenvalue weighted by Crippen LogP contribution is -2.47. The third kappa shape index (κ3) is 1.58. The quantitative estimate of drug-likeness (QED) is 0.798. The van der Waals surface area contributed by atoms with E-state index in [1.165, 1.54) is 6.42 Å². The number of anilines is 2. The van der Waals surface area contributed by atoms with Crippen molar-refractivity contribution in [1.29, 1.82) is 0 Å². The first-order valence-electron chi connectivity index (χ1n) is 5.93. The Labute approximate surface area is 109 Å². The summed E-state index contributed by atoms with van der Waals surface area (Å²) in [5.41, 5.74) is 1.84. The first-order valence-corrected chi connectivity index (χ1v) is 6.73. The van der Waals surface area contributed by atoms with Gasteiger partial charge in [0.1, 0.15) is 0 Å². The first-order chi connectivity index (χ1) is 8.12. The van der Waals surface area contributed by atoms with Gasteiger partial charge in [0.25, 0.3) is 0 Å². The van der Waals surface area contributed by atoms with E-state index < -0.39 is 0 Å². The summed E-state index contributed by atoms with van der Waals surface area (Å²) in [5, 5.41) is 3.09. The van der Waals surface area contributed by atoms with Gasteiger partial charge in [0.2, 0.25) is 5.91 Å². The number of nitrogens with one attached hydrogen (secondary N) is 1. The van der Waals surface area contributed by atoms with Crippen molar-refractivity contribution in [3.8, 4) is 0 Å². The highest BCUT2D eigenvalue weighted by molar-refractivity contribution is 9.10. The Bertz CT molecular complexity index is 482. The summed E-state index contributed by atoms with van der Waals surface area (Å²) in [6.45, 7) is 0.822. The largest absolute Gasteiger partial charge is 0.372 e. The molecule has 1 N–H and O–H groups in total. The van der Waals surface area contributed by atoms with Gasteiger partial charge in [-0.1, -0.05) is 12.5 Å². The highest BCUT2D eigenvalue weighted by Crippen LogP contribution is 2.47. The van der Waals surface area contributed by atoms with Crippen molar-refractivity contribution < 1.29 is 4.79 Å². The number of rotatable bonds is 0. The molecule has 0 atom stereocenters. The lowest BCUT2D eigenvalue weighted by atomic mass is 9.68. The van der Waals surface area contributed by atoms with Crippen molar-refractivity contribution in [2.45, 2.75) is 19.3 Å². The molecule has 1 saturated carbocycles. The molecule has 1 fully saturated rings. The number of carbonyl (C=O) groups excluding carboxylic acids is 1. The Balaban J connectivity index is 2.07. The fourth-order valence-corrected chi connectivity index (χ4v) is 3.26. The van der Waals surface area contributed by atoms with Crippen LogP contribution >= 0.6 is 15.9 Å². The smallest absolute Gasteiger partial charge is 0.232 e. The van der Waals surface area contributed by atoms with E-state index in [1.807, 2.05) is 12.1 Å². The third-order valence-corrected chi connectivity index (χ3v) is 4.63. The molecule has 0 bridgehead atoms. The molecule has 1 heterocycles. The number of halogens is 1. The molecule has 17 heavy (non-hydrogen) atoms. The fraction of sp³-hybridized carbons (Fsp3) is 0.462. The molecule has 0 aromatic heterocycles. The van der Waals surface area contributed by atoms with Gasteiger partial charge in [-0.3, -0.25) is 4.79 Å². The van der Waals surface area contributed by atoms with Crippen LogP contribution in [0.15, 0.2) is 22.7 Å². The molecule has 1 aromatic carbocycles. The minimum atomic E-state index is -0.160. The minimum absolute atomic E-state index is 0.160. The van der Waals surface area contributed by atoms with Gasteiger partial charge in [-0.25, -0.2) is 0 Å². The predicted octanol–water partition coefficient (Wildman–Crippen LogP) is 3.01. The molecule has 0 saturated heterocycles. The zero-order valence-corrected chi connectivity index (χ0v) is 11.4. The maximum Gasteiger partial charge on any atom is 0.232 e. The summed E-state index contributed by atoms with van der Waals surface area (Å²) in [4.78, 5) is 14.5. The van der Waals surface area contributed by atoms with Gasteiger partial charge >= 0.3 is 0 Å². The zero-order chi connectivity index (χ0) is 12.0. The molecule has 1 amide bonds. The highest BCUT2D eigenvalue weighted by Gasteiger charge is 2.46. The molecule has 2 aliphatic rings. The van der Waals surface area contributed by atoms with E-state index in [9.17, 15) is 4.79 Å². The summed E-state index contributed by atoms with van der Waals surface area (Å²) in [5.74, 6) is 0.182. The van der Waals surface area contributed by atoms with E-state index in [4.69, 9.17) is 0 Å². The summed E-state index contributed by atoms with van der Waals surface area (Å²) < 4.78 is 0.951. The van der Waals surface area contributed by atoms with Crippen molar-refractivity contribution in [2.75, 3.05) is 23.8 Å². The van der Waals surface area contributed by atoms with E-state index in [0.717, 1.165) is 35.2 Å². The van der Waals surface area contributed by atoms with E-state index in [1.54, 1.807) is 0 Å². The third-order valence-electron chi connectivity index (χ3n) is 3.97. The van der Waals surface area contributed by atoms with Crippen LogP contribution in [0.4, 0.5) is 11.4 Å². The molecular weight excluding hydrogens is 280 g/mol. The van der Waals surface area contributed by atoms with E-state index in [2.05, 4.69) is 39.3 Å². The van der Waals surface area contributed by atoms with Gasteiger partial charge in [-0.2, -0.15) is 0 Å². The molecule has 4 heteroatoms. The van der Waals surface area contributed by atoms with Gasteiger partial charge in [-0.15, -0.1) is 0 Å². The molecule has 1 aromatic rings. The summed E-state index contributed by atoms with van der Waals surface area (Å²) >= 11 is 3.51. The molecule has 1 spiro atoms. The van der Waals surface area contributed by atoms with Crippen molar-refractivity contribution in [3.63, 3.8) is 0 Å². The maximum absolute atomic E-state index is 12.3. The number of hydrogen-bond acceptors (Lipinski definition) is 2. The van der Waals surface area contributed by atoms with E-state index >= 15 is 0 Å². The number of para-hydroxylation sites is 1.